The van der Waals surface area contributed by atoms with Gasteiger partial charge in [-0.3, -0.25) is 4.79 Å². The number of hydrogen-bond donors (Lipinski definition) is 1. The van der Waals surface area contributed by atoms with Crippen LogP contribution in [0, 0.1) is 0 Å². The SMILES string of the molecule is O=C1NCC2(CC2(F)F)c2cccc(Br)c21. The second kappa shape index (κ2) is 2.83. The summed E-state index contributed by atoms with van der Waals surface area (Å²) >= 11 is 3.23. The Balaban J connectivity index is 2.23. The van der Waals surface area contributed by atoms with Crippen LogP contribution in [-0.4, -0.2) is 18.4 Å². The van der Waals surface area contributed by atoms with Crippen molar-refractivity contribution in [1.82, 2.24) is 5.32 Å². The molecule has 1 aliphatic carbocycles. The first-order chi connectivity index (χ1) is 7.48. The molecule has 84 valence electrons. The van der Waals surface area contributed by atoms with Crippen LogP contribution in [0.25, 0.3) is 0 Å². The molecule has 2 nitrogen and oxygen atoms in total. The lowest BCUT2D eigenvalue weighted by Gasteiger charge is -2.26. The van der Waals surface area contributed by atoms with Crippen LogP contribution < -0.4 is 5.32 Å². The van der Waals surface area contributed by atoms with E-state index in [2.05, 4.69) is 21.2 Å². The van der Waals surface area contributed by atoms with Gasteiger partial charge >= 0.3 is 0 Å². The molecule has 0 aromatic heterocycles. The Hall–Kier alpha value is -0.970. The van der Waals surface area contributed by atoms with E-state index in [9.17, 15) is 13.6 Å². The van der Waals surface area contributed by atoms with Crippen molar-refractivity contribution in [3.8, 4) is 0 Å². The van der Waals surface area contributed by atoms with Crippen molar-refractivity contribution < 1.29 is 13.6 Å². The molecule has 1 aliphatic heterocycles. The second-order valence-electron chi connectivity index (χ2n) is 4.31. The predicted octanol–water partition coefficient (Wildman–Crippen LogP) is 2.47. The smallest absolute Gasteiger partial charge is 0.260 e. The number of benzene rings is 1. The zero-order valence-electron chi connectivity index (χ0n) is 8.19. The number of carbonyl (C=O) groups is 1. The summed E-state index contributed by atoms with van der Waals surface area (Å²) in [4.78, 5) is 11.6. The molecule has 1 aromatic carbocycles. The van der Waals surface area contributed by atoms with Gasteiger partial charge < -0.3 is 5.32 Å². The highest BCUT2D eigenvalue weighted by atomic mass is 79.9. The van der Waals surface area contributed by atoms with Gasteiger partial charge in [0, 0.05) is 17.4 Å². The largest absolute Gasteiger partial charge is 0.351 e. The number of fused-ring (bicyclic) bond motifs is 2. The Labute approximate surface area is 99.2 Å². The van der Waals surface area contributed by atoms with E-state index < -0.39 is 11.3 Å². The lowest BCUT2D eigenvalue weighted by atomic mass is 9.87. The van der Waals surface area contributed by atoms with E-state index in [0.29, 0.717) is 15.6 Å². The fourth-order valence-corrected chi connectivity index (χ4v) is 2.93. The zero-order valence-corrected chi connectivity index (χ0v) is 9.77. The average Bonchev–Trinajstić information content (AvgIpc) is 2.76. The molecule has 1 heterocycles. The molecule has 3 rings (SSSR count). The Bertz CT molecular complexity index is 503. The number of carbonyl (C=O) groups excluding carboxylic acids is 1. The zero-order chi connectivity index (χ0) is 11.6. The van der Waals surface area contributed by atoms with Crippen molar-refractivity contribution in [2.75, 3.05) is 6.54 Å². The van der Waals surface area contributed by atoms with E-state index in [4.69, 9.17) is 0 Å². The fourth-order valence-electron chi connectivity index (χ4n) is 2.39. The van der Waals surface area contributed by atoms with Crippen LogP contribution in [0.1, 0.15) is 22.3 Å². The lowest BCUT2D eigenvalue weighted by molar-refractivity contribution is 0.0781. The summed E-state index contributed by atoms with van der Waals surface area (Å²) in [6.45, 7) is 0.0300. The van der Waals surface area contributed by atoms with E-state index in [-0.39, 0.29) is 18.9 Å². The Morgan fingerprint density at radius 2 is 2.06 bits per heavy atom. The molecular weight excluding hydrogens is 280 g/mol. The Morgan fingerprint density at radius 1 is 1.38 bits per heavy atom. The number of rotatable bonds is 0. The number of hydrogen-bond acceptors (Lipinski definition) is 1. The molecule has 2 aliphatic rings. The first-order valence-corrected chi connectivity index (χ1v) is 5.72. The van der Waals surface area contributed by atoms with Gasteiger partial charge in [-0.1, -0.05) is 12.1 Å². The van der Waals surface area contributed by atoms with Crippen LogP contribution in [0.2, 0.25) is 0 Å². The van der Waals surface area contributed by atoms with Crippen LogP contribution in [0.3, 0.4) is 0 Å². The Morgan fingerprint density at radius 3 is 2.69 bits per heavy atom. The van der Waals surface area contributed by atoms with Crippen LogP contribution in [0.15, 0.2) is 22.7 Å². The van der Waals surface area contributed by atoms with Gasteiger partial charge in [0.1, 0.15) is 0 Å². The third kappa shape index (κ3) is 1.07. The molecule has 1 unspecified atom stereocenters. The third-order valence-electron chi connectivity index (χ3n) is 3.41. The minimum atomic E-state index is -2.70. The van der Waals surface area contributed by atoms with Crippen molar-refractivity contribution in [2.45, 2.75) is 17.8 Å². The first kappa shape index (κ1) is 10.2. The van der Waals surface area contributed by atoms with Crippen molar-refractivity contribution in [1.29, 1.82) is 0 Å². The minimum Gasteiger partial charge on any atom is -0.351 e. The maximum Gasteiger partial charge on any atom is 0.260 e. The van der Waals surface area contributed by atoms with Gasteiger partial charge in [-0.05, 0) is 27.6 Å². The first-order valence-electron chi connectivity index (χ1n) is 4.93. The third-order valence-corrected chi connectivity index (χ3v) is 4.07. The van der Waals surface area contributed by atoms with Crippen LogP contribution in [0.5, 0.6) is 0 Å². The van der Waals surface area contributed by atoms with E-state index >= 15 is 0 Å². The number of halogens is 3. The summed E-state index contributed by atoms with van der Waals surface area (Å²) in [5, 5.41) is 2.54. The molecule has 1 fully saturated rings. The predicted molar refractivity (Wildman–Crippen MR) is 57.7 cm³/mol. The van der Waals surface area contributed by atoms with Crippen molar-refractivity contribution in [2.24, 2.45) is 0 Å². The molecule has 1 spiro atoms. The number of amides is 1. The summed E-state index contributed by atoms with van der Waals surface area (Å²) in [5.74, 6) is -2.98. The highest BCUT2D eigenvalue weighted by molar-refractivity contribution is 9.10. The monoisotopic (exact) mass is 287 g/mol. The van der Waals surface area contributed by atoms with E-state index in [0.717, 1.165) is 0 Å². The molecule has 16 heavy (non-hydrogen) atoms. The van der Waals surface area contributed by atoms with Gasteiger partial charge in [0.25, 0.3) is 11.8 Å². The molecular formula is C11H8BrF2NO. The standard InChI is InChI=1S/C11H8BrF2NO/c12-7-3-1-2-6-8(7)9(16)15-5-10(6)4-11(10,13)14/h1-3H,4-5H2,(H,15,16). The van der Waals surface area contributed by atoms with Gasteiger partial charge in [0.2, 0.25) is 0 Å². The normalized spacial score (nSPS) is 29.8. The maximum absolute atomic E-state index is 13.4. The second-order valence-corrected chi connectivity index (χ2v) is 5.16. The van der Waals surface area contributed by atoms with Crippen molar-refractivity contribution in [3.05, 3.63) is 33.8 Å². The van der Waals surface area contributed by atoms with Gasteiger partial charge in [-0.2, -0.15) is 0 Å². The van der Waals surface area contributed by atoms with Gasteiger partial charge in [-0.25, -0.2) is 8.78 Å². The highest BCUT2D eigenvalue weighted by Gasteiger charge is 2.73. The Kier molecular flexibility index (Phi) is 1.80. The molecule has 1 amide bonds. The summed E-state index contributed by atoms with van der Waals surface area (Å²) in [5.41, 5.74) is -0.346. The van der Waals surface area contributed by atoms with Crippen LogP contribution in [0.4, 0.5) is 8.78 Å². The molecule has 1 aromatic rings. The highest BCUT2D eigenvalue weighted by Crippen LogP contribution is 2.63. The van der Waals surface area contributed by atoms with Crippen molar-refractivity contribution in [3.63, 3.8) is 0 Å². The summed E-state index contributed by atoms with van der Waals surface area (Å²) in [6.07, 6.45) is -0.177. The average molecular weight is 288 g/mol. The maximum atomic E-state index is 13.4. The molecule has 5 heteroatoms. The molecule has 0 radical (unpaired) electrons. The van der Waals surface area contributed by atoms with E-state index in [1.807, 2.05) is 0 Å². The molecule has 0 bridgehead atoms. The molecule has 1 atom stereocenters. The summed E-state index contributed by atoms with van der Waals surface area (Å²) in [6, 6.07) is 5.01. The summed E-state index contributed by atoms with van der Waals surface area (Å²) in [7, 11) is 0. The molecule has 1 N–H and O–H groups in total. The van der Waals surface area contributed by atoms with Crippen LogP contribution in [-0.2, 0) is 5.41 Å². The quantitative estimate of drug-likeness (QED) is 0.780. The molecule has 1 saturated carbocycles. The summed E-state index contributed by atoms with van der Waals surface area (Å²) < 4.78 is 27.5. The van der Waals surface area contributed by atoms with E-state index in [1.54, 1.807) is 18.2 Å². The lowest BCUT2D eigenvalue weighted by Crippen LogP contribution is -2.42. The van der Waals surface area contributed by atoms with Crippen LogP contribution >= 0.6 is 15.9 Å². The van der Waals surface area contributed by atoms with Gasteiger partial charge in [-0.15, -0.1) is 0 Å². The minimum absolute atomic E-state index is 0.0300. The fraction of sp³-hybridized carbons (Fsp3) is 0.364. The van der Waals surface area contributed by atoms with E-state index in [1.165, 1.54) is 0 Å². The number of nitrogens with one attached hydrogen (secondary N) is 1. The van der Waals surface area contributed by atoms with Crippen molar-refractivity contribution >= 4 is 21.8 Å². The topological polar surface area (TPSA) is 29.1 Å². The van der Waals surface area contributed by atoms with Gasteiger partial charge in [0.05, 0.1) is 11.0 Å². The number of alkyl halides is 2. The van der Waals surface area contributed by atoms with Gasteiger partial charge in [0.15, 0.2) is 0 Å². The molecule has 0 saturated heterocycles.